The van der Waals surface area contributed by atoms with Crippen molar-refractivity contribution < 1.29 is 24.2 Å². The number of ether oxygens (including phenoxy) is 2. The second-order valence-corrected chi connectivity index (χ2v) is 8.17. The second kappa shape index (κ2) is 11.8. The van der Waals surface area contributed by atoms with Crippen LogP contribution < -0.4 is 0 Å². The molecule has 0 aromatic heterocycles. The molecule has 1 aliphatic rings. The molecule has 0 amide bonds. The van der Waals surface area contributed by atoms with Crippen LogP contribution >= 0.6 is 0 Å². The van der Waals surface area contributed by atoms with E-state index >= 15 is 0 Å². The first-order valence-electron chi connectivity index (χ1n) is 10.2. The lowest BCUT2D eigenvalue weighted by Crippen LogP contribution is -2.38. The molecule has 3 atom stereocenters. The molecule has 0 bridgehead atoms. The van der Waals surface area contributed by atoms with Gasteiger partial charge >= 0.3 is 11.9 Å². The lowest BCUT2D eigenvalue weighted by atomic mass is 9.89. The summed E-state index contributed by atoms with van der Waals surface area (Å²) < 4.78 is 11.3. The Balaban J connectivity index is 3.56. The highest BCUT2D eigenvalue weighted by atomic mass is 16.6. The summed E-state index contributed by atoms with van der Waals surface area (Å²) in [5.41, 5.74) is 3.81. The molecule has 1 rings (SSSR count). The first-order valence-corrected chi connectivity index (χ1v) is 10.2. The SMILES string of the molecule is CC(=O)O[C@@H]1/C(C)=C\CC/C(C)=C\[C@H](O)C/C(C)=C\C=C(\C(C)C)[C@H]1OC(C)=O. The Bertz CT molecular complexity index is 709. The Morgan fingerprint density at radius 3 is 2.14 bits per heavy atom. The summed E-state index contributed by atoms with van der Waals surface area (Å²) in [6.45, 7) is 12.6. The maximum atomic E-state index is 11.9. The number of hydrogen-bond donors (Lipinski definition) is 1. The molecule has 0 unspecified atom stereocenters. The van der Waals surface area contributed by atoms with Crippen LogP contribution in [0.1, 0.15) is 67.7 Å². The standard InChI is InChI=1S/C24H36O5/c1-15(2)22-12-11-17(4)14-21(27)13-16(3)9-8-10-18(5)23(28-19(6)25)24(22)29-20(7)26/h10-13,15,21,23-24,27H,8-9,14H2,1-7H3/b16-13-,17-11-,18-10-,22-12-/t21-,23+,24+/m0/s1. The second-order valence-electron chi connectivity index (χ2n) is 8.17. The monoisotopic (exact) mass is 404 g/mol. The fourth-order valence-corrected chi connectivity index (χ4v) is 3.42. The van der Waals surface area contributed by atoms with E-state index in [0.717, 1.165) is 35.1 Å². The third-order valence-corrected chi connectivity index (χ3v) is 4.88. The molecule has 0 spiro atoms. The summed E-state index contributed by atoms with van der Waals surface area (Å²) in [6, 6.07) is 0. The number of carbonyl (C=O) groups excluding carboxylic acids is 2. The third-order valence-electron chi connectivity index (χ3n) is 4.88. The minimum Gasteiger partial charge on any atom is -0.454 e. The number of esters is 2. The van der Waals surface area contributed by atoms with E-state index in [0.29, 0.717) is 6.42 Å². The molecule has 0 fully saturated rings. The van der Waals surface area contributed by atoms with Crippen molar-refractivity contribution in [1.82, 2.24) is 0 Å². The molecule has 29 heavy (non-hydrogen) atoms. The Labute approximate surface area is 175 Å². The zero-order valence-corrected chi connectivity index (χ0v) is 18.8. The average molecular weight is 405 g/mol. The molecular formula is C24H36O5. The fourth-order valence-electron chi connectivity index (χ4n) is 3.42. The summed E-state index contributed by atoms with van der Waals surface area (Å²) >= 11 is 0. The van der Waals surface area contributed by atoms with Gasteiger partial charge in [0.15, 0.2) is 12.2 Å². The summed E-state index contributed by atoms with van der Waals surface area (Å²) in [7, 11) is 0. The van der Waals surface area contributed by atoms with E-state index in [1.807, 2.05) is 58.9 Å². The summed E-state index contributed by atoms with van der Waals surface area (Å²) in [4.78, 5) is 23.7. The van der Waals surface area contributed by atoms with Gasteiger partial charge in [0.05, 0.1) is 6.10 Å². The molecule has 0 heterocycles. The quantitative estimate of drug-likeness (QED) is 0.539. The highest BCUT2D eigenvalue weighted by molar-refractivity contribution is 5.68. The van der Waals surface area contributed by atoms with Gasteiger partial charge in [0.1, 0.15) is 0 Å². The molecule has 1 N–H and O–H groups in total. The van der Waals surface area contributed by atoms with Crippen LogP contribution in [0.15, 0.2) is 46.6 Å². The molecule has 0 aromatic carbocycles. The largest absolute Gasteiger partial charge is 0.454 e. The van der Waals surface area contributed by atoms with Crippen LogP contribution in [0, 0.1) is 5.92 Å². The van der Waals surface area contributed by atoms with Gasteiger partial charge in [-0.15, -0.1) is 0 Å². The molecule has 162 valence electrons. The van der Waals surface area contributed by atoms with Gasteiger partial charge in [-0.3, -0.25) is 9.59 Å². The predicted molar refractivity (Wildman–Crippen MR) is 115 cm³/mol. The molecular weight excluding hydrogens is 368 g/mol. The maximum absolute atomic E-state index is 11.9. The Hall–Kier alpha value is -2.14. The van der Waals surface area contributed by atoms with Crippen molar-refractivity contribution in [2.45, 2.75) is 86.0 Å². The van der Waals surface area contributed by atoms with E-state index in [9.17, 15) is 14.7 Å². The van der Waals surface area contributed by atoms with Gasteiger partial charge in [0, 0.05) is 13.8 Å². The van der Waals surface area contributed by atoms with Gasteiger partial charge in [0.25, 0.3) is 0 Å². The highest BCUT2D eigenvalue weighted by Gasteiger charge is 2.33. The van der Waals surface area contributed by atoms with Crippen molar-refractivity contribution in [2.24, 2.45) is 5.92 Å². The average Bonchev–Trinajstić information content (AvgIpc) is 2.56. The summed E-state index contributed by atoms with van der Waals surface area (Å²) in [5, 5.41) is 10.3. The molecule has 5 nitrogen and oxygen atoms in total. The van der Waals surface area contributed by atoms with Gasteiger partial charge in [-0.1, -0.05) is 49.3 Å². The topological polar surface area (TPSA) is 72.8 Å². The van der Waals surface area contributed by atoms with Crippen molar-refractivity contribution in [2.75, 3.05) is 0 Å². The van der Waals surface area contributed by atoms with Gasteiger partial charge in [-0.05, 0) is 57.1 Å². The number of aliphatic hydroxyl groups excluding tert-OH is 1. The van der Waals surface area contributed by atoms with Crippen molar-refractivity contribution >= 4 is 11.9 Å². The molecule has 5 heteroatoms. The number of rotatable bonds is 3. The minimum atomic E-state index is -0.707. The molecule has 0 aliphatic heterocycles. The van der Waals surface area contributed by atoms with Crippen LogP contribution in [-0.4, -0.2) is 35.4 Å². The number of aliphatic hydroxyl groups is 1. The fraction of sp³-hybridized carbons (Fsp3) is 0.583. The van der Waals surface area contributed by atoms with Gasteiger partial charge in [-0.2, -0.15) is 0 Å². The van der Waals surface area contributed by atoms with Gasteiger partial charge in [0.2, 0.25) is 0 Å². The Kier molecular flexibility index (Phi) is 10.1. The van der Waals surface area contributed by atoms with Gasteiger partial charge < -0.3 is 14.6 Å². The van der Waals surface area contributed by atoms with Crippen molar-refractivity contribution in [1.29, 1.82) is 0 Å². The van der Waals surface area contributed by atoms with Crippen molar-refractivity contribution in [3.63, 3.8) is 0 Å². The predicted octanol–water partition coefficient (Wildman–Crippen LogP) is 4.82. The third kappa shape index (κ3) is 8.82. The first kappa shape index (κ1) is 24.9. The van der Waals surface area contributed by atoms with Crippen LogP contribution in [-0.2, 0) is 19.1 Å². The lowest BCUT2D eigenvalue weighted by molar-refractivity contribution is -0.160. The van der Waals surface area contributed by atoms with Crippen LogP contribution in [0.25, 0.3) is 0 Å². The van der Waals surface area contributed by atoms with Gasteiger partial charge in [-0.25, -0.2) is 0 Å². The first-order chi connectivity index (χ1) is 13.5. The summed E-state index contributed by atoms with van der Waals surface area (Å²) in [5.74, 6) is -0.785. The van der Waals surface area contributed by atoms with Crippen LogP contribution in [0.5, 0.6) is 0 Å². The normalized spacial score (nSPS) is 31.7. The molecule has 0 saturated heterocycles. The summed E-state index contributed by atoms with van der Waals surface area (Å²) in [6.07, 6.45) is 7.89. The van der Waals surface area contributed by atoms with Crippen LogP contribution in [0.2, 0.25) is 0 Å². The van der Waals surface area contributed by atoms with E-state index in [-0.39, 0.29) is 5.92 Å². The molecule has 1 aliphatic carbocycles. The maximum Gasteiger partial charge on any atom is 0.303 e. The lowest BCUT2D eigenvalue weighted by Gasteiger charge is -2.31. The molecule has 0 radical (unpaired) electrons. The zero-order chi connectivity index (χ0) is 22.1. The molecule has 0 saturated carbocycles. The number of hydrogen-bond acceptors (Lipinski definition) is 5. The van der Waals surface area contributed by atoms with Crippen molar-refractivity contribution in [3.8, 4) is 0 Å². The van der Waals surface area contributed by atoms with Crippen LogP contribution in [0.3, 0.4) is 0 Å². The minimum absolute atomic E-state index is 0.0641. The Morgan fingerprint density at radius 1 is 1.00 bits per heavy atom. The number of carbonyl (C=O) groups is 2. The van der Waals surface area contributed by atoms with E-state index in [1.54, 1.807) is 0 Å². The molecule has 0 aromatic rings. The van der Waals surface area contributed by atoms with Crippen LogP contribution in [0.4, 0.5) is 0 Å². The van der Waals surface area contributed by atoms with E-state index < -0.39 is 30.3 Å². The highest BCUT2D eigenvalue weighted by Crippen LogP contribution is 2.28. The van der Waals surface area contributed by atoms with Crippen molar-refractivity contribution in [3.05, 3.63) is 46.6 Å². The van der Waals surface area contributed by atoms with E-state index in [1.165, 1.54) is 13.8 Å². The zero-order valence-electron chi connectivity index (χ0n) is 18.8. The Morgan fingerprint density at radius 2 is 1.59 bits per heavy atom. The van der Waals surface area contributed by atoms with E-state index in [2.05, 4.69) is 0 Å². The number of allylic oxidation sites excluding steroid dienone is 4. The van der Waals surface area contributed by atoms with E-state index in [4.69, 9.17) is 9.47 Å². The smallest absolute Gasteiger partial charge is 0.303 e.